The molecule has 0 atom stereocenters. The Labute approximate surface area is 152 Å². The minimum Gasteiger partial charge on any atom is -0.316 e. The molecule has 7 heteroatoms. The van der Waals surface area contributed by atoms with Crippen LogP contribution >= 0.6 is 15.9 Å². The lowest BCUT2D eigenvalue weighted by Gasteiger charge is -2.15. The molecule has 2 aromatic rings. The number of alkyl halides is 3. The van der Waals surface area contributed by atoms with Gasteiger partial charge in [0.15, 0.2) is 0 Å². The second kappa shape index (κ2) is 8.08. The summed E-state index contributed by atoms with van der Waals surface area (Å²) in [4.78, 5) is 13.4. The number of nitrogens with one attached hydrogen (secondary N) is 1. The summed E-state index contributed by atoms with van der Waals surface area (Å²) in [5.41, 5.74) is 0.384. The van der Waals surface area contributed by atoms with E-state index < -0.39 is 11.7 Å². The van der Waals surface area contributed by atoms with E-state index in [0.717, 1.165) is 16.6 Å². The van der Waals surface area contributed by atoms with Gasteiger partial charge < -0.3 is 10.2 Å². The van der Waals surface area contributed by atoms with Crippen molar-refractivity contribution in [1.29, 1.82) is 0 Å². The van der Waals surface area contributed by atoms with Crippen LogP contribution in [-0.2, 0) is 6.18 Å². The van der Waals surface area contributed by atoms with Crippen molar-refractivity contribution in [2.45, 2.75) is 6.18 Å². The maximum Gasteiger partial charge on any atom is 0.416 e. The third-order valence-electron chi connectivity index (χ3n) is 3.20. The summed E-state index contributed by atoms with van der Waals surface area (Å²) < 4.78 is 38.3. The molecule has 1 N–H and O–H groups in total. The van der Waals surface area contributed by atoms with E-state index in [2.05, 4.69) is 33.1 Å². The highest BCUT2D eigenvalue weighted by Crippen LogP contribution is 2.28. The molecule has 0 saturated heterocycles. The Bertz CT molecular complexity index is 790. The molecule has 0 saturated carbocycles. The van der Waals surface area contributed by atoms with Crippen LogP contribution < -0.4 is 5.32 Å². The van der Waals surface area contributed by atoms with Crippen LogP contribution in [0, 0.1) is 11.8 Å². The summed E-state index contributed by atoms with van der Waals surface area (Å²) in [5, 5.41) is 2.72. The Hall–Kier alpha value is -2.46. The summed E-state index contributed by atoms with van der Waals surface area (Å²) in [6, 6.07) is 11.4. The summed E-state index contributed by atoms with van der Waals surface area (Å²) in [7, 11) is 1.58. The van der Waals surface area contributed by atoms with E-state index in [1.165, 1.54) is 17.0 Å². The first-order valence-corrected chi connectivity index (χ1v) is 7.99. The lowest BCUT2D eigenvalue weighted by Crippen LogP contribution is -2.31. The van der Waals surface area contributed by atoms with Crippen molar-refractivity contribution in [2.24, 2.45) is 0 Å². The SMILES string of the molecule is CN(CC#Cc1ccc(C(F)(F)F)cc1)C(=O)Nc1ccc(Br)cc1. The first kappa shape index (κ1) is 18.9. The van der Waals surface area contributed by atoms with E-state index in [9.17, 15) is 18.0 Å². The summed E-state index contributed by atoms with van der Waals surface area (Å²) in [6.07, 6.45) is -4.36. The van der Waals surface area contributed by atoms with Crippen LogP contribution in [0.3, 0.4) is 0 Å². The van der Waals surface area contributed by atoms with E-state index in [4.69, 9.17) is 0 Å². The Morgan fingerprint density at radius 2 is 1.72 bits per heavy atom. The molecule has 0 unspecified atom stereocenters. The fraction of sp³-hybridized carbons (Fsp3) is 0.167. The van der Waals surface area contributed by atoms with Crippen LogP contribution in [0.2, 0.25) is 0 Å². The zero-order chi connectivity index (χ0) is 18.4. The number of rotatable bonds is 2. The Morgan fingerprint density at radius 3 is 2.28 bits per heavy atom. The van der Waals surface area contributed by atoms with Crippen molar-refractivity contribution in [3.05, 3.63) is 64.1 Å². The second-order valence-electron chi connectivity index (χ2n) is 5.17. The van der Waals surface area contributed by atoms with Crippen molar-refractivity contribution in [3.63, 3.8) is 0 Å². The van der Waals surface area contributed by atoms with Crippen LogP contribution in [0.25, 0.3) is 0 Å². The molecule has 0 fully saturated rings. The first-order valence-electron chi connectivity index (χ1n) is 7.19. The number of hydrogen-bond donors (Lipinski definition) is 1. The fourth-order valence-electron chi connectivity index (χ4n) is 1.83. The van der Waals surface area contributed by atoms with Gasteiger partial charge in [0.05, 0.1) is 12.1 Å². The summed E-state index contributed by atoms with van der Waals surface area (Å²) in [6.45, 7) is 0.142. The average molecular weight is 411 g/mol. The second-order valence-corrected chi connectivity index (χ2v) is 6.09. The van der Waals surface area contributed by atoms with E-state index in [0.29, 0.717) is 11.3 Å². The number of anilines is 1. The molecule has 0 aromatic heterocycles. The molecule has 0 heterocycles. The molecule has 3 nitrogen and oxygen atoms in total. The number of benzene rings is 2. The molecule has 0 spiro atoms. The molecular formula is C18H14BrF3N2O. The van der Waals surface area contributed by atoms with Gasteiger partial charge in [-0.1, -0.05) is 27.8 Å². The number of amides is 2. The zero-order valence-electron chi connectivity index (χ0n) is 13.2. The Kier molecular flexibility index (Phi) is 6.10. The molecule has 25 heavy (non-hydrogen) atoms. The van der Waals surface area contributed by atoms with Crippen LogP contribution in [0.5, 0.6) is 0 Å². The molecule has 2 aromatic carbocycles. The molecular weight excluding hydrogens is 397 g/mol. The van der Waals surface area contributed by atoms with Gasteiger partial charge >= 0.3 is 12.2 Å². The van der Waals surface area contributed by atoms with Gasteiger partial charge in [0.2, 0.25) is 0 Å². The molecule has 2 amide bonds. The standard InChI is InChI=1S/C18H14BrF3N2O/c1-24(17(25)23-16-10-8-15(19)9-11-16)12-2-3-13-4-6-14(7-5-13)18(20,21)22/h4-11H,12H2,1H3,(H,23,25). The Morgan fingerprint density at radius 1 is 1.12 bits per heavy atom. The predicted molar refractivity (Wildman–Crippen MR) is 94.1 cm³/mol. The van der Waals surface area contributed by atoms with E-state index in [1.807, 2.05) is 0 Å². The average Bonchev–Trinajstić information content (AvgIpc) is 2.56. The van der Waals surface area contributed by atoms with Crippen LogP contribution in [0.4, 0.5) is 23.7 Å². The quantitative estimate of drug-likeness (QED) is 0.695. The van der Waals surface area contributed by atoms with E-state index in [1.54, 1.807) is 31.3 Å². The van der Waals surface area contributed by atoms with Gasteiger partial charge in [-0.05, 0) is 48.5 Å². The van der Waals surface area contributed by atoms with Gasteiger partial charge in [-0.15, -0.1) is 0 Å². The van der Waals surface area contributed by atoms with Crippen molar-refractivity contribution < 1.29 is 18.0 Å². The van der Waals surface area contributed by atoms with Gasteiger partial charge in [0, 0.05) is 22.8 Å². The Balaban J connectivity index is 1.91. The number of urea groups is 1. The minimum absolute atomic E-state index is 0.142. The molecule has 2 rings (SSSR count). The monoisotopic (exact) mass is 410 g/mol. The maximum absolute atomic E-state index is 12.5. The summed E-state index contributed by atoms with van der Waals surface area (Å²) >= 11 is 3.31. The molecule has 0 aliphatic heterocycles. The smallest absolute Gasteiger partial charge is 0.316 e. The highest BCUT2D eigenvalue weighted by Gasteiger charge is 2.29. The lowest BCUT2D eigenvalue weighted by atomic mass is 10.1. The van der Waals surface area contributed by atoms with Gasteiger partial charge in [-0.2, -0.15) is 13.2 Å². The zero-order valence-corrected chi connectivity index (χ0v) is 14.8. The number of carbonyl (C=O) groups excluding carboxylic acids is 1. The number of carbonyl (C=O) groups is 1. The number of hydrogen-bond acceptors (Lipinski definition) is 1. The van der Waals surface area contributed by atoms with Crippen LogP contribution in [0.15, 0.2) is 53.0 Å². The van der Waals surface area contributed by atoms with Gasteiger partial charge in [-0.25, -0.2) is 4.79 Å². The molecule has 0 aliphatic rings. The van der Waals surface area contributed by atoms with Gasteiger partial charge in [-0.3, -0.25) is 0 Å². The van der Waals surface area contributed by atoms with Gasteiger partial charge in [0.25, 0.3) is 0 Å². The lowest BCUT2D eigenvalue weighted by molar-refractivity contribution is -0.137. The highest BCUT2D eigenvalue weighted by molar-refractivity contribution is 9.10. The minimum atomic E-state index is -4.36. The normalized spacial score (nSPS) is 10.6. The number of nitrogens with zero attached hydrogens (tertiary/aromatic N) is 1. The maximum atomic E-state index is 12.5. The largest absolute Gasteiger partial charge is 0.416 e. The molecule has 130 valence electrons. The predicted octanol–water partition coefficient (Wildman–Crippen LogP) is 4.98. The molecule has 0 radical (unpaired) electrons. The van der Waals surface area contributed by atoms with Crippen LogP contribution in [0.1, 0.15) is 11.1 Å². The van der Waals surface area contributed by atoms with Crippen molar-refractivity contribution >= 4 is 27.6 Å². The highest BCUT2D eigenvalue weighted by atomic mass is 79.9. The first-order chi connectivity index (χ1) is 11.8. The summed E-state index contributed by atoms with van der Waals surface area (Å²) in [5.74, 6) is 5.50. The van der Waals surface area contributed by atoms with Crippen LogP contribution in [-0.4, -0.2) is 24.5 Å². The topological polar surface area (TPSA) is 32.3 Å². The van der Waals surface area contributed by atoms with Crippen molar-refractivity contribution in [3.8, 4) is 11.8 Å². The fourth-order valence-corrected chi connectivity index (χ4v) is 2.09. The van der Waals surface area contributed by atoms with E-state index in [-0.39, 0.29) is 12.6 Å². The van der Waals surface area contributed by atoms with Crippen molar-refractivity contribution in [1.82, 2.24) is 4.90 Å². The van der Waals surface area contributed by atoms with Crippen molar-refractivity contribution in [2.75, 3.05) is 18.9 Å². The van der Waals surface area contributed by atoms with E-state index >= 15 is 0 Å². The third-order valence-corrected chi connectivity index (χ3v) is 3.73. The number of halogens is 4. The molecule has 0 bridgehead atoms. The van der Waals surface area contributed by atoms with Gasteiger partial charge in [0.1, 0.15) is 0 Å². The molecule has 0 aliphatic carbocycles. The third kappa shape index (κ3) is 5.84.